The van der Waals surface area contributed by atoms with Crippen molar-refractivity contribution in [2.75, 3.05) is 26.1 Å². The Morgan fingerprint density at radius 1 is 1.12 bits per heavy atom. The quantitative estimate of drug-likeness (QED) is 0.754. The third-order valence-electron chi connectivity index (χ3n) is 3.30. The van der Waals surface area contributed by atoms with E-state index < -0.39 is 0 Å². The molecule has 0 radical (unpaired) electrons. The summed E-state index contributed by atoms with van der Waals surface area (Å²) < 4.78 is 10.4. The zero-order chi connectivity index (χ0) is 18.2. The summed E-state index contributed by atoms with van der Waals surface area (Å²) >= 11 is 0. The first-order chi connectivity index (χ1) is 12.1. The van der Waals surface area contributed by atoms with Crippen LogP contribution in [0.2, 0.25) is 0 Å². The molecule has 2 N–H and O–H groups in total. The van der Waals surface area contributed by atoms with Crippen molar-refractivity contribution in [3.8, 4) is 11.5 Å². The molecule has 0 bridgehead atoms. The molecule has 2 aromatic rings. The maximum atomic E-state index is 12.4. The molecule has 0 spiro atoms. The van der Waals surface area contributed by atoms with Crippen LogP contribution in [0.15, 0.2) is 49.2 Å². The van der Waals surface area contributed by atoms with E-state index in [4.69, 9.17) is 9.47 Å². The van der Waals surface area contributed by atoms with E-state index in [0.29, 0.717) is 29.3 Å². The van der Waals surface area contributed by atoms with Crippen LogP contribution >= 0.6 is 0 Å². The normalized spacial score (nSPS) is 9.84. The molecule has 7 heteroatoms. The summed E-state index contributed by atoms with van der Waals surface area (Å²) in [6.07, 6.45) is 2.97. The van der Waals surface area contributed by atoms with Crippen molar-refractivity contribution in [2.45, 2.75) is 0 Å². The number of anilines is 1. The molecule has 0 saturated heterocycles. The van der Waals surface area contributed by atoms with Crippen molar-refractivity contribution in [1.82, 2.24) is 10.3 Å². The number of pyridine rings is 1. The molecule has 1 heterocycles. The summed E-state index contributed by atoms with van der Waals surface area (Å²) in [6, 6.07) is 7.98. The van der Waals surface area contributed by atoms with Crippen LogP contribution in [0.3, 0.4) is 0 Å². The minimum atomic E-state index is -0.374. The molecule has 0 aliphatic heterocycles. The second-order valence-corrected chi connectivity index (χ2v) is 4.95. The van der Waals surface area contributed by atoms with Gasteiger partial charge in [0.2, 0.25) is 0 Å². The Bertz CT molecular complexity index is 790. The molecule has 0 atom stereocenters. The van der Waals surface area contributed by atoms with Crippen molar-refractivity contribution in [2.24, 2.45) is 0 Å². The summed E-state index contributed by atoms with van der Waals surface area (Å²) in [6.45, 7) is 3.85. The molecule has 0 aliphatic carbocycles. The van der Waals surface area contributed by atoms with Gasteiger partial charge in [-0.25, -0.2) is 0 Å². The number of rotatable bonds is 7. The summed E-state index contributed by atoms with van der Waals surface area (Å²) in [5.74, 6) is 0.318. The predicted octanol–water partition coefficient (Wildman–Crippen LogP) is 2.27. The van der Waals surface area contributed by atoms with Gasteiger partial charge in [0.1, 0.15) is 5.69 Å². The van der Waals surface area contributed by atoms with Crippen molar-refractivity contribution >= 4 is 17.5 Å². The van der Waals surface area contributed by atoms with Crippen molar-refractivity contribution in [3.05, 3.63) is 60.4 Å². The van der Waals surface area contributed by atoms with Crippen LogP contribution in [0.1, 0.15) is 20.8 Å². The zero-order valence-electron chi connectivity index (χ0n) is 14.0. The molecule has 7 nitrogen and oxygen atoms in total. The Morgan fingerprint density at radius 3 is 2.56 bits per heavy atom. The molecular weight excluding hydrogens is 322 g/mol. The molecule has 0 fully saturated rings. The molecule has 1 aromatic heterocycles. The lowest BCUT2D eigenvalue weighted by Crippen LogP contribution is -2.24. The summed E-state index contributed by atoms with van der Waals surface area (Å²) in [5.41, 5.74) is 1.01. The summed E-state index contributed by atoms with van der Waals surface area (Å²) in [4.78, 5) is 28.3. The van der Waals surface area contributed by atoms with E-state index in [-0.39, 0.29) is 17.5 Å². The highest BCUT2D eigenvalue weighted by atomic mass is 16.5. The molecule has 2 rings (SSSR count). The Hall–Kier alpha value is -3.35. The molecule has 25 heavy (non-hydrogen) atoms. The topological polar surface area (TPSA) is 89.6 Å². The lowest BCUT2D eigenvalue weighted by Gasteiger charge is -2.11. The van der Waals surface area contributed by atoms with Gasteiger partial charge in [0.15, 0.2) is 11.5 Å². The standard InChI is InChI=1S/C18H19N3O4/c1-4-8-20-18(23)14-10-12(7-9-19-14)17(22)21-13-5-6-15(24-2)16(11-13)25-3/h4-7,9-11H,1,8H2,2-3H3,(H,20,23)(H,21,22). The number of ether oxygens (including phenoxy) is 2. The van der Waals surface area contributed by atoms with Gasteiger partial charge in [-0.2, -0.15) is 0 Å². The Kier molecular flexibility index (Phi) is 6.11. The molecule has 0 saturated carbocycles. The first-order valence-electron chi connectivity index (χ1n) is 7.47. The van der Waals surface area contributed by atoms with Gasteiger partial charge in [-0.3, -0.25) is 14.6 Å². The average Bonchev–Trinajstić information content (AvgIpc) is 2.65. The number of nitrogens with one attached hydrogen (secondary N) is 2. The molecule has 1 aromatic carbocycles. The average molecular weight is 341 g/mol. The monoisotopic (exact) mass is 341 g/mol. The van der Waals surface area contributed by atoms with Crippen LogP contribution in [-0.2, 0) is 0 Å². The molecular formula is C18H19N3O4. The Morgan fingerprint density at radius 2 is 1.88 bits per heavy atom. The van der Waals surface area contributed by atoms with E-state index in [0.717, 1.165) is 0 Å². The van der Waals surface area contributed by atoms with Gasteiger partial charge in [0.25, 0.3) is 11.8 Å². The third kappa shape index (κ3) is 4.57. The number of methoxy groups -OCH3 is 2. The number of aromatic nitrogens is 1. The fourth-order valence-electron chi connectivity index (χ4n) is 2.07. The lowest BCUT2D eigenvalue weighted by atomic mass is 10.2. The first-order valence-corrected chi connectivity index (χ1v) is 7.47. The van der Waals surface area contributed by atoms with Gasteiger partial charge in [0.05, 0.1) is 14.2 Å². The van der Waals surface area contributed by atoms with Gasteiger partial charge in [-0.05, 0) is 24.3 Å². The number of carbonyl (C=O) groups is 2. The Labute approximate surface area is 145 Å². The fraction of sp³-hybridized carbons (Fsp3) is 0.167. The van der Waals surface area contributed by atoms with Gasteiger partial charge in [-0.1, -0.05) is 6.08 Å². The Balaban J connectivity index is 2.15. The highest BCUT2D eigenvalue weighted by Gasteiger charge is 2.13. The maximum absolute atomic E-state index is 12.4. The van der Waals surface area contributed by atoms with Crippen LogP contribution in [0.4, 0.5) is 5.69 Å². The number of hydrogen-bond donors (Lipinski definition) is 2. The second kappa shape index (κ2) is 8.49. The van der Waals surface area contributed by atoms with Crippen LogP contribution in [0, 0.1) is 0 Å². The zero-order valence-corrected chi connectivity index (χ0v) is 14.0. The minimum absolute atomic E-state index is 0.154. The van der Waals surface area contributed by atoms with Gasteiger partial charge >= 0.3 is 0 Å². The van der Waals surface area contributed by atoms with E-state index >= 15 is 0 Å². The smallest absolute Gasteiger partial charge is 0.270 e. The van der Waals surface area contributed by atoms with Crippen LogP contribution in [-0.4, -0.2) is 37.6 Å². The van der Waals surface area contributed by atoms with Crippen LogP contribution in [0.25, 0.3) is 0 Å². The predicted molar refractivity (Wildman–Crippen MR) is 94.3 cm³/mol. The van der Waals surface area contributed by atoms with Crippen molar-refractivity contribution in [3.63, 3.8) is 0 Å². The summed E-state index contributed by atoms with van der Waals surface area (Å²) in [7, 11) is 3.05. The second-order valence-electron chi connectivity index (χ2n) is 4.95. The molecule has 0 unspecified atom stereocenters. The van der Waals surface area contributed by atoms with E-state index in [2.05, 4.69) is 22.2 Å². The number of benzene rings is 1. The van der Waals surface area contributed by atoms with Gasteiger partial charge in [0, 0.05) is 30.1 Å². The highest BCUT2D eigenvalue weighted by molar-refractivity contribution is 6.05. The highest BCUT2D eigenvalue weighted by Crippen LogP contribution is 2.29. The number of nitrogens with zero attached hydrogens (tertiary/aromatic N) is 1. The number of carbonyl (C=O) groups excluding carboxylic acids is 2. The van der Waals surface area contributed by atoms with Crippen molar-refractivity contribution < 1.29 is 19.1 Å². The molecule has 2 amide bonds. The third-order valence-corrected chi connectivity index (χ3v) is 3.30. The van der Waals surface area contributed by atoms with Crippen LogP contribution < -0.4 is 20.1 Å². The number of hydrogen-bond acceptors (Lipinski definition) is 5. The maximum Gasteiger partial charge on any atom is 0.270 e. The first kappa shape index (κ1) is 18.0. The number of amides is 2. The minimum Gasteiger partial charge on any atom is -0.493 e. The van der Waals surface area contributed by atoms with E-state index in [1.165, 1.54) is 32.5 Å². The largest absolute Gasteiger partial charge is 0.493 e. The molecule has 0 aliphatic rings. The van der Waals surface area contributed by atoms with Crippen LogP contribution in [0.5, 0.6) is 11.5 Å². The van der Waals surface area contributed by atoms with Gasteiger partial charge < -0.3 is 20.1 Å². The summed E-state index contributed by atoms with van der Waals surface area (Å²) in [5, 5.41) is 5.35. The van der Waals surface area contributed by atoms with Gasteiger partial charge in [-0.15, -0.1) is 6.58 Å². The van der Waals surface area contributed by atoms with E-state index in [9.17, 15) is 9.59 Å². The van der Waals surface area contributed by atoms with Crippen molar-refractivity contribution in [1.29, 1.82) is 0 Å². The SMILES string of the molecule is C=CCNC(=O)c1cc(C(=O)Nc2ccc(OC)c(OC)c2)ccn1. The van der Waals surface area contributed by atoms with E-state index in [1.54, 1.807) is 24.3 Å². The lowest BCUT2D eigenvalue weighted by molar-refractivity contribution is 0.0953. The fourth-order valence-corrected chi connectivity index (χ4v) is 2.07. The van der Waals surface area contributed by atoms with E-state index in [1.807, 2.05) is 0 Å². The molecule has 130 valence electrons.